The Morgan fingerprint density at radius 1 is 1.36 bits per heavy atom. The molecule has 1 aromatic carbocycles. The van der Waals surface area contributed by atoms with Gasteiger partial charge in [-0.05, 0) is 24.3 Å². The predicted octanol–water partition coefficient (Wildman–Crippen LogP) is 1.51. The second-order valence-corrected chi connectivity index (χ2v) is 5.48. The van der Waals surface area contributed by atoms with Gasteiger partial charge in [-0.2, -0.15) is 10.2 Å². The van der Waals surface area contributed by atoms with Gasteiger partial charge in [-0.25, -0.2) is 9.67 Å². The number of aromatic nitrogens is 5. The molecule has 0 unspecified atom stereocenters. The molecule has 0 aliphatic rings. The summed E-state index contributed by atoms with van der Waals surface area (Å²) in [5, 5.41) is 14.3. The molecule has 8 heteroatoms. The van der Waals surface area contributed by atoms with Crippen molar-refractivity contribution in [3.63, 3.8) is 0 Å². The normalized spacial score (nSPS) is 10.5. The van der Waals surface area contributed by atoms with E-state index in [0.717, 1.165) is 16.6 Å². The predicted molar refractivity (Wildman–Crippen MR) is 83.0 cm³/mol. The monoisotopic (exact) mass is 314 g/mol. The highest BCUT2D eigenvalue weighted by Gasteiger charge is 2.07. The van der Waals surface area contributed by atoms with Crippen LogP contribution in [0, 0.1) is 0 Å². The quantitative estimate of drug-likeness (QED) is 0.532. The van der Waals surface area contributed by atoms with E-state index < -0.39 is 0 Å². The van der Waals surface area contributed by atoms with Crippen LogP contribution in [0.15, 0.2) is 54.2 Å². The second-order valence-electron chi connectivity index (χ2n) is 4.40. The third-order valence-corrected chi connectivity index (χ3v) is 3.77. The van der Waals surface area contributed by atoms with Gasteiger partial charge in [0, 0.05) is 30.3 Å². The number of amides is 1. The van der Waals surface area contributed by atoms with Gasteiger partial charge in [0.05, 0.1) is 5.69 Å². The fourth-order valence-electron chi connectivity index (χ4n) is 1.89. The SMILES string of the molecule is O=C(NCCSc1ncn[nH]1)c1cccc(-n2cccn2)c1. The molecule has 3 rings (SSSR count). The molecule has 0 bridgehead atoms. The number of hydrogen-bond acceptors (Lipinski definition) is 5. The van der Waals surface area contributed by atoms with Crippen LogP contribution < -0.4 is 5.32 Å². The molecule has 0 spiro atoms. The van der Waals surface area contributed by atoms with E-state index in [4.69, 9.17) is 0 Å². The van der Waals surface area contributed by atoms with Crippen molar-refractivity contribution in [1.82, 2.24) is 30.3 Å². The molecular weight excluding hydrogens is 300 g/mol. The van der Waals surface area contributed by atoms with Crippen LogP contribution in [0.25, 0.3) is 5.69 Å². The zero-order valence-electron chi connectivity index (χ0n) is 11.6. The number of rotatable bonds is 6. The molecule has 7 nitrogen and oxygen atoms in total. The molecule has 2 aromatic heterocycles. The summed E-state index contributed by atoms with van der Waals surface area (Å²) in [5.41, 5.74) is 1.46. The summed E-state index contributed by atoms with van der Waals surface area (Å²) in [4.78, 5) is 16.1. The molecule has 2 N–H and O–H groups in total. The van der Waals surface area contributed by atoms with Gasteiger partial charge >= 0.3 is 0 Å². The summed E-state index contributed by atoms with van der Waals surface area (Å²) in [7, 11) is 0. The smallest absolute Gasteiger partial charge is 0.251 e. The molecular formula is C14H14N6OS. The molecule has 0 saturated carbocycles. The lowest BCUT2D eigenvalue weighted by molar-refractivity contribution is 0.0956. The molecule has 0 saturated heterocycles. The van der Waals surface area contributed by atoms with Gasteiger partial charge in [-0.15, -0.1) is 0 Å². The van der Waals surface area contributed by atoms with Gasteiger partial charge < -0.3 is 5.32 Å². The lowest BCUT2D eigenvalue weighted by atomic mass is 10.2. The van der Waals surface area contributed by atoms with Gasteiger partial charge in [0.15, 0.2) is 5.16 Å². The number of nitrogens with one attached hydrogen (secondary N) is 2. The largest absolute Gasteiger partial charge is 0.351 e. The van der Waals surface area contributed by atoms with Crippen molar-refractivity contribution in [2.24, 2.45) is 0 Å². The zero-order valence-corrected chi connectivity index (χ0v) is 12.5. The maximum Gasteiger partial charge on any atom is 0.251 e. The Kier molecular flexibility index (Phi) is 4.50. The van der Waals surface area contributed by atoms with Crippen LogP contribution >= 0.6 is 11.8 Å². The van der Waals surface area contributed by atoms with Crippen molar-refractivity contribution in [2.75, 3.05) is 12.3 Å². The van der Waals surface area contributed by atoms with E-state index in [0.29, 0.717) is 12.1 Å². The van der Waals surface area contributed by atoms with E-state index in [2.05, 4.69) is 25.6 Å². The highest BCUT2D eigenvalue weighted by Crippen LogP contribution is 2.11. The van der Waals surface area contributed by atoms with Gasteiger partial charge in [0.2, 0.25) is 0 Å². The lowest BCUT2D eigenvalue weighted by Crippen LogP contribution is -2.25. The Morgan fingerprint density at radius 2 is 2.32 bits per heavy atom. The summed E-state index contributed by atoms with van der Waals surface area (Å²) in [6.07, 6.45) is 5.00. The number of thioether (sulfide) groups is 1. The Bertz CT molecular complexity index is 726. The molecule has 3 aromatic rings. The summed E-state index contributed by atoms with van der Waals surface area (Å²) >= 11 is 1.51. The van der Waals surface area contributed by atoms with Crippen LogP contribution in [-0.4, -0.2) is 43.2 Å². The highest BCUT2D eigenvalue weighted by atomic mass is 32.2. The van der Waals surface area contributed by atoms with E-state index >= 15 is 0 Å². The zero-order chi connectivity index (χ0) is 15.2. The molecule has 0 fully saturated rings. The van der Waals surface area contributed by atoms with E-state index in [-0.39, 0.29) is 5.91 Å². The molecule has 0 atom stereocenters. The minimum Gasteiger partial charge on any atom is -0.351 e. The fraction of sp³-hybridized carbons (Fsp3) is 0.143. The van der Waals surface area contributed by atoms with E-state index in [1.54, 1.807) is 16.9 Å². The molecule has 112 valence electrons. The maximum atomic E-state index is 12.1. The Labute approximate surface area is 131 Å². The highest BCUT2D eigenvalue weighted by molar-refractivity contribution is 7.99. The van der Waals surface area contributed by atoms with Crippen molar-refractivity contribution in [3.05, 3.63) is 54.6 Å². The first-order chi connectivity index (χ1) is 10.8. The van der Waals surface area contributed by atoms with Crippen molar-refractivity contribution in [1.29, 1.82) is 0 Å². The minimum atomic E-state index is -0.104. The van der Waals surface area contributed by atoms with Gasteiger partial charge in [-0.1, -0.05) is 17.8 Å². The van der Waals surface area contributed by atoms with Crippen molar-refractivity contribution < 1.29 is 4.79 Å². The third-order valence-electron chi connectivity index (χ3n) is 2.90. The Balaban J connectivity index is 1.55. The number of nitrogens with zero attached hydrogens (tertiary/aromatic N) is 4. The fourth-order valence-corrected chi connectivity index (χ4v) is 2.53. The van der Waals surface area contributed by atoms with E-state index in [1.165, 1.54) is 18.1 Å². The molecule has 0 aliphatic carbocycles. The molecule has 22 heavy (non-hydrogen) atoms. The van der Waals surface area contributed by atoms with Crippen molar-refractivity contribution in [2.45, 2.75) is 5.16 Å². The number of benzene rings is 1. The van der Waals surface area contributed by atoms with E-state index in [9.17, 15) is 4.79 Å². The number of carbonyl (C=O) groups excluding carboxylic acids is 1. The van der Waals surface area contributed by atoms with Gasteiger partial charge in [0.1, 0.15) is 6.33 Å². The first-order valence-corrected chi connectivity index (χ1v) is 7.68. The van der Waals surface area contributed by atoms with Gasteiger partial charge in [-0.3, -0.25) is 9.89 Å². The molecule has 2 heterocycles. The number of hydrogen-bond donors (Lipinski definition) is 2. The van der Waals surface area contributed by atoms with Gasteiger partial charge in [0.25, 0.3) is 5.91 Å². The molecule has 0 aliphatic heterocycles. The maximum absolute atomic E-state index is 12.1. The van der Waals surface area contributed by atoms with Crippen LogP contribution in [0.2, 0.25) is 0 Å². The summed E-state index contributed by atoms with van der Waals surface area (Å²) < 4.78 is 1.72. The Morgan fingerprint density at radius 3 is 3.09 bits per heavy atom. The van der Waals surface area contributed by atoms with Crippen molar-refractivity contribution >= 4 is 17.7 Å². The minimum absolute atomic E-state index is 0.104. The molecule has 0 radical (unpaired) electrons. The van der Waals surface area contributed by atoms with Crippen LogP contribution in [0.5, 0.6) is 0 Å². The second kappa shape index (κ2) is 6.90. The van der Waals surface area contributed by atoms with Crippen LogP contribution in [0.1, 0.15) is 10.4 Å². The number of H-pyrrole nitrogens is 1. The third kappa shape index (κ3) is 3.53. The summed E-state index contributed by atoms with van der Waals surface area (Å²) in [5.74, 6) is 0.618. The first-order valence-electron chi connectivity index (χ1n) is 6.69. The first kappa shape index (κ1) is 14.3. The van der Waals surface area contributed by atoms with Crippen molar-refractivity contribution in [3.8, 4) is 5.69 Å². The number of aromatic amines is 1. The van der Waals surface area contributed by atoms with Crippen LogP contribution in [0.3, 0.4) is 0 Å². The lowest BCUT2D eigenvalue weighted by Gasteiger charge is -2.06. The average molecular weight is 314 g/mol. The topological polar surface area (TPSA) is 88.5 Å². The summed E-state index contributed by atoms with van der Waals surface area (Å²) in [6, 6.07) is 9.18. The van der Waals surface area contributed by atoms with E-state index in [1.807, 2.05) is 30.5 Å². The van der Waals surface area contributed by atoms with Crippen LogP contribution in [0.4, 0.5) is 0 Å². The number of carbonyl (C=O) groups is 1. The van der Waals surface area contributed by atoms with Crippen LogP contribution in [-0.2, 0) is 0 Å². The standard InChI is InChI=1S/C14H14N6OS/c21-13(15-6-8-22-14-16-10-17-19-14)11-3-1-4-12(9-11)20-7-2-5-18-20/h1-5,7,9-10H,6,8H2,(H,15,21)(H,16,17,19). The summed E-state index contributed by atoms with van der Waals surface area (Å²) in [6.45, 7) is 0.552. The Hall–Kier alpha value is -2.61. The molecule has 1 amide bonds. The average Bonchev–Trinajstić information content (AvgIpc) is 3.24.